The van der Waals surface area contributed by atoms with Gasteiger partial charge in [-0.2, -0.15) is 0 Å². The molecule has 0 radical (unpaired) electrons. The second kappa shape index (κ2) is 13.1. The normalized spacial score (nSPS) is 20.8. The summed E-state index contributed by atoms with van der Waals surface area (Å²) in [6, 6.07) is 5.39. The minimum atomic E-state index is 0. The van der Waals surface area contributed by atoms with Crippen LogP contribution in [-0.4, -0.2) is 87.2 Å². The summed E-state index contributed by atoms with van der Waals surface area (Å²) < 4.78 is 0. The van der Waals surface area contributed by atoms with Crippen molar-refractivity contribution in [3.8, 4) is 0 Å². The van der Waals surface area contributed by atoms with Crippen molar-refractivity contribution >= 4 is 46.3 Å². The van der Waals surface area contributed by atoms with Gasteiger partial charge < -0.3 is 20.4 Å². The Kier molecular flexibility index (Phi) is 11.2. The van der Waals surface area contributed by atoms with Crippen molar-refractivity contribution in [2.75, 3.05) is 64.3 Å². The molecular weight excluding hydrogens is 507 g/mol. The van der Waals surface area contributed by atoms with Gasteiger partial charge in [0, 0.05) is 57.9 Å². The Hall–Kier alpha value is -0.580. The third kappa shape index (κ3) is 7.53. The van der Waals surface area contributed by atoms with E-state index in [0.29, 0.717) is 18.0 Å². The van der Waals surface area contributed by atoms with E-state index in [4.69, 9.17) is 4.99 Å². The molecule has 6 nitrogen and oxygen atoms in total. The summed E-state index contributed by atoms with van der Waals surface area (Å²) in [5.41, 5.74) is 0. The average Bonchev–Trinajstić information content (AvgIpc) is 3.25. The number of hydrogen-bond acceptors (Lipinski definition) is 5. The summed E-state index contributed by atoms with van der Waals surface area (Å²) in [4.78, 5) is 12.6. The number of nitrogens with one attached hydrogen (secondary N) is 2. The lowest BCUT2D eigenvalue weighted by atomic mass is 10.0. The number of hydrogen-bond donors (Lipinski definition) is 2. The van der Waals surface area contributed by atoms with Gasteiger partial charge in [-0.3, -0.25) is 9.89 Å². The molecule has 1 unspecified atom stereocenters. The van der Waals surface area contributed by atoms with Crippen molar-refractivity contribution in [3.63, 3.8) is 0 Å². The quantitative estimate of drug-likeness (QED) is 0.312. The highest BCUT2D eigenvalue weighted by Crippen LogP contribution is 2.24. The molecule has 0 amide bonds. The van der Waals surface area contributed by atoms with Crippen molar-refractivity contribution in [2.45, 2.75) is 45.7 Å². The van der Waals surface area contributed by atoms with Crippen molar-refractivity contribution < 1.29 is 0 Å². The standard InChI is InChI=1S/C22H40N6S.HI/c1-5-23-22(24-17-20(18(2)3)27-14-12-26(4)13-15-27)25-19-8-10-28(11-9-19)21-7-6-16-29-21;/h6-7,16,18-20H,5,8-15,17H2,1-4H3,(H2,23,24,25);1H. The molecule has 172 valence electrons. The maximum absolute atomic E-state index is 5.02. The first kappa shape index (κ1) is 25.7. The molecule has 2 aliphatic heterocycles. The molecule has 3 rings (SSSR count). The fraction of sp³-hybridized carbons (Fsp3) is 0.773. The number of rotatable bonds is 7. The lowest BCUT2D eigenvalue weighted by Gasteiger charge is -2.39. The Labute approximate surface area is 204 Å². The van der Waals surface area contributed by atoms with Crippen LogP contribution < -0.4 is 15.5 Å². The number of halogens is 1. The molecule has 0 aromatic carbocycles. The highest BCUT2D eigenvalue weighted by atomic mass is 127. The third-order valence-electron chi connectivity index (χ3n) is 6.21. The molecule has 1 aromatic rings. The maximum atomic E-state index is 5.02. The first-order chi connectivity index (χ1) is 14.1. The number of guanidine groups is 1. The molecule has 0 saturated carbocycles. The molecule has 8 heteroatoms. The van der Waals surface area contributed by atoms with E-state index in [-0.39, 0.29) is 24.0 Å². The first-order valence-electron chi connectivity index (χ1n) is 11.3. The van der Waals surface area contributed by atoms with Gasteiger partial charge >= 0.3 is 0 Å². The van der Waals surface area contributed by atoms with Crippen LogP contribution in [0.4, 0.5) is 5.00 Å². The van der Waals surface area contributed by atoms with Crippen LogP contribution in [0.1, 0.15) is 33.6 Å². The molecule has 0 bridgehead atoms. The Morgan fingerprint density at radius 1 is 1.17 bits per heavy atom. The molecule has 3 heterocycles. The van der Waals surface area contributed by atoms with Crippen LogP contribution >= 0.6 is 35.3 Å². The fourth-order valence-electron chi connectivity index (χ4n) is 4.29. The molecule has 2 N–H and O–H groups in total. The molecule has 2 aliphatic rings. The third-order valence-corrected chi connectivity index (χ3v) is 7.14. The number of nitrogens with zero attached hydrogens (tertiary/aromatic N) is 4. The molecule has 0 aliphatic carbocycles. The van der Waals surface area contributed by atoms with E-state index in [1.165, 1.54) is 5.00 Å². The van der Waals surface area contributed by atoms with Gasteiger partial charge in [-0.25, -0.2) is 0 Å². The van der Waals surface area contributed by atoms with E-state index in [9.17, 15) is 0 Å². The van der Waals surface area contributed by atoms with Crippen LogP contribution in [0.15, 0.2) is 22.5 Å². The van der Waals surface area contributed by atoms with E-state index in [1.54, 1.807) is 0 Å². The maximum Gasteiger partial charge on any atom is 0.191 e. The molecule has 0 spiro atoms. The van der Waals surface area contributed by atoms with Crippen LogP contribution in [0.3, 0.4) is 0 Å². The van der Waals surface area contributed by atoms with Crippen LogP contribution in [0.2, 0.25) is 0 Å². The predicted octanol–water partition coefficient (Wildman–Crippen LogP) is 3.16. The minimum absolute atomic E-state index is 0. The van der Waals surface area contributed by atoms with E-state index in [1.807, 2.05) is 11.3 Å². The van der Waals surface area contributed by atoms with Gasteiger partial charge in [0.2, 0.25) is 0 Å². The van der Waals surface area contributed by atoms with Crippen LogP contribution in [0, 0.1) is 5.92 Å². The Balaban J connectivity index is 0.00000320. The number of thiophene rings is 1. The summed E-state index contributed by atoms with van der Waals surface area (Å²) in [6.07, 6.45) is 2.32. The Bertz CT molecular complexity index is 607. The summed E-state index contributed by atoms with van der Waals surface area (Å²) in [5.74, 6) is 1.60. The van der Waals surface area contributed by atoms with Gasteiger partial charge in [-0.1, -0.05) is 13.8 Å². The predicted molar refractivity (Wildman–Crippen MR) is 142 cm³/mol. The molecular formula is C22H41IN6S. The summed E-state index contributed by atoms with van der Waals surface area (Å²) in [6.45, 7) is 15.4. The van der Waals surface area contributed by atoms with Gasteiger partial charge in [0.25, 0.3) is 0 Å². The summed E-state index contributed by atoms with van der Waals surface area (Å²) in [7, 11) is 2.22. The van der Waals surface area contributed by atoms with Gasteiger partial charge in [-0.05, 0) is 50.2 Å². The van der Waals surface area contributed by atoms with Gasteiger partial charge in [0.15, 0.2) is 5.96 Å². The SMILES string of the molecule is CCNC(=NCC(C(C)C)N1CCN(C)CC1)NC1CCN(c2cccs2)CC1.I. The highest BCUT2D eigenvalue weighted by Gasteiger charge is 2.25. The van der Waals surface area contributed by atoms with Gasteiger partial charge in [-0.15, -0.1) is 35.3 Å². The monoisotopic (exact) mass is 548 g/mol. The Morgan fingerprint density at radius 2 is 1.87 bits per heavy atom. The van der Waals surface area contributed by atoms with Gasteiger partial charge in [0.05, 0.1) is 11.5 Å². The van der Waals surface area contributed by atoms with Crippen molar-refractivity contribution in [3.05, 3.63) is 17.5 Å². The van der Waals surface area contributed by atoms with Crippen molar-refractivity contribution in [1.29, 1.82) is 0 Å². The van der Waals surface area contributed by atoms with E-state index >= 15 is 0 Å². The van der Waals surface area contributed by atoms with Crippen LogP contribution in [0.5, 0.6) is 0 Å². The number of piperidine rings is 1. The molecule has 2 fully saturated rings. The van der Waals surface area contributed by atoms with Crippen LogP contribution in [0.25, 0.3) is 0 Å². The highest BCUT2D eigenvalue weighted by molar-refractivity contribution is 14.0. The largest absolute Gasteiger partial charge is 0.363 e. The lowest BCUT2D eigenvalue weighted by molar-refractivity contribution is 0.0925. The second-order valence-corrected chi connectivity index (χ2v) is 9.65. The number of aliphatic imine (C=N–C) groups is 1. The summed E-state index contributed by atoms with van der Waals surface area (Å²) >= 11 is 1.84. The average molecular weight is 549 g/mol. The number of anilines is 1. The van der Waals surface area contributed by atoms with E-state index < -0.39 is 0 Å². The van der Waals surface area contributed by atoms with Crippen molar-refractivity contribution in [1.82, 2.24) is 20.4 Å². The zero-order chi connectivity index (χ0) is 20.6. The molecule has 2 saturated heterocycles. The molecule has 1 atom stereocenters. The minimum Gasteiger partial charge on any atom is -0.363 e. The van der Waals surface area contributed by atoms with Crippen molar-refractivity contribution in [2.24, 2.45) is 10.9 Å². The van der Waals surface area contributed by atoms with Crippen LogP contribution in [-0.2, 0) is 0 Å². The smallest absolute Gasteiger partial charge is 0.191 e. The molecule has 30 heavy (non-hydrogen) atoms. The second-order valence-electron chi connectivity index (χ2n) is 8.73. The summed E-state index contributed by atoms with van der Waals surface area (Å²) in [5, 5.41) is 10.8. The number of likely N-dealkylation sites (N-methyl/N-ethyl adjacent to an activating group) is 1. The Morgan fingerprint density at radius 3 is 2.43 bits per heavy atom. The van der Waals surface area contributed by atoms with E-state index in [2.05, 4.69) is 70.7 Å². The zero-order valence-corrected chi connectivity index (χ0v) is 22.3. The first-order valence-corrected chi connectivity index (χ1v) is 12.2. The van der Waals surface area contributed by atoms with Gasteiger partial charge in [0.1, 0.15) is 0 Å². The topological polar surface area (TPSA) is 46.1 Å². The lowest BCUT2D eigenvalue weighted by Crippen LogP contribution is -2.52. The number of piperazine rings is 1. The van der Waals surface area contributed by atoms with E-state index in [0.717, 1.165) is 71.2 Å². The zero-order valence-electron chi connectivity index (χ0n) is 19.1. The fourth-order valence-corrected chi connectivity index (χ4v) is 5.08. The molecule has 1 aromatic heterocycles.